The largest absolute Gasteiger partial charge is 0.348 e. The van der Waals surface area contributed by atoms with Gasteiger partial charge in [0.2, 0.25) is 5.91 Å². The van der Waals surface area contributed by atoms with E-state index in [1.807, 2.05) is 67.1 Å². The molecule has 1 aromatic heterocycles. The molecule has 0 aliphatic heterocycles. The van der Waals surface area contributed by atoms with E-state index in [-0.39, 0.29) is 17.2 Å². The Labute approximate surface area is 170 Å². The van der Waals surface area contributed by atoms with E-state index in [1.165, 1.54) is 11.8 Å². The Morgan fingerprint density at radius 2 is 1.71 bits per heavy atom. The highest BCUT2D eigenvalue weighted by Crippen LogP contribution is 2.26. The Kier molecular flexibility index (Phi) is 6.87. The third kappa shape index (κ3) is 4.81. The Bertz CT molecular complexity index is 895. The van der Waals surface area contributed by atoms with Crippen LogP contribution in [-0.2, 0) is 11.8 Å². The van der Waals surface area contributed by atoms with Gasteiger partial charge in [-0.2, -0.15) is 0 Å². The minimum Gasteiger partial charge on any atom is -0.348 e. The van der Waals surface area contributed by atoms with Gasteiger partial charge in [0.15, 0.2) is 11.0 Å². The molecular formula is C22H26N4OS. The van der Waals surface area contributed by atoms with Crippen LogP contribution < -0.4 is 5.32 Å². The fraction of sp³-hybridized carbons (Fsp3) is 0.318. The SMILES string of the molecule is CCCC(NC(=O)C(C)Sc1nnc(-c2ccccc2)n1C)c1ccccc1. The summed E-state index contributed by atoms with van der Waals surface area (Å²) < 4.78 is 1.94. The molecule has 0 aliphatic carbocycles. The van der Waals surface area contributed by atoms with E-state index in [2.05, 4.69) is 34.6 Å². The summed E-state index contributed by atoms with van der Waals surface area (Å²) in [5.41, 5.74) is 2.15. The van der Waals surface area contributed by atoms with Gasteiger partial charge < -0.3 is 9.88 Å². The van der Waals surface area contributed by atoms with Crippen molar-refractivity contribution in [2.24, 2.45) is 7.05 Å². The summed E-state index contributed by atoms with van der Waals surface area (Å²) in [4.78, 5) is 12.8. The monoisotopic (exact) mass is 394 g/mol. The number of carbonyl (C=O) groups excluding carboxylic acids is 1. The highest BCUT2D eigenvalue weighted by atomic mass is 32.2. The maximum atomic E-state index is 12.8. The second kappa shape index (κ2) is 9.55. The van der Waals surface area contributed by atoms with E-state index in [0.29, 0.717) is 0 Å². The molecule has 1 amide bonds. The highest BCUT2D eigenvalue weighted by Gasteiger charge is 2.22. The minimum atomic E-state index is -0.269. The van der Waals surface area contributed by atoms with Gasteiger partial charge in [-0.1, -0.05) is 85.8 Å². The molecule has 0 radical (unpaired) electrons. The number of carbonyl (C=O) groups is 1. The van der Waals surface area contributed by atoms with Crippen LogP contribution >= 0.6 is 11.8 Å². The van der Waals surface area contributed by atoms with E-state index in [0.717, 1.165) is 34.9 Å². The van der Waals surface area contributed by atoms with Crippen molar-refractivity contribution in [3.63, 3.8) is 0 Å². The summed E-state index contributed by atoms with van der Waals surface area (Å²) in [6, 6.07) is 20.1. The number of benzene rings is 2. The lowest BCUT2D eigenvalue weighted by molar-refractivity contribution is -0.121. The molecule has 1 N–H and O–H groups in total. The maximum Gasteiger partial charge on any atom is 0.233 e. The smallest absolute Gasteiger partial charge is 0.233 e. The number of hydrogen-bond donors (Lipinski definition) is 1. The van der Waals surface area contributed by atoms with E-state index in [4.69, 9.17) is 0 Å². The number of amides is 1. The molecule has 3 rings (SSSR count). The quantitative estimate of drug-likeness (QED) is 0.566. The van der Waals surface area contributed by atoms with Crippen molar-refractivity contribution < 1.29 is 4.79 Å². The zero-order valence-corrected chi connectivity index (χ0v) is 17.3. The predicted molar refractivity (Wildman–Crippen MR) is 114 cm³/mol. The van der Waals surface area contributed by atoms with Crippen molar-refractivity contribution in [3.05, 3.63) is 66.2 Å². The van der Waals surface area contributed by atoms with E-state index >= 15 is 0 Å². The van der Waals surface area contributed by atoms with Crippen molar-refractivity contribution in [2.45, 2.75) is 43.1 Å². The zero-order chi connectivity index (χ0) is 19.9. The first kappa shape index (κ1) is 20.1. The normalized spacial score (nSPS) is 13.1. The van der Waals surface area contributed by atoms with Crippen LogP contribution in [0.1, 0.15) is 38.3 Å². The van der Waals surface area contributed by atoms with Crippen LogP contribution in [0.3, 0.4) is 0 Å². The highest BCUT2D eigenvalue weighted by molar-refractivity contribution is 8.00. The van der Waals surface area contributed by atoms with Crippen molar-refractivity contribution in [1.82, 2.24) is 20.1 Å². The minimum absolute atomic E-state index is 0.0107. The summed E-state index contributed by atoms with van der Waals surface area (Å²) in [6.45, 7) is 4.04. The molecule has 0 spiro atoms. The molecule has 0 aliphatic rings. The third-order valence-corrected chi connectivity index (χ3v) is 5.75. The molecule has 2 atom stereocenters. The standard InChI is InChI=1S/C22H26N4OS/c1-4-11-19(17-12-7-5-8-13-17)23-21(27)16(2)28-22-25-24-20(26(22)3)18-14-9-6-10-15-18/h5-10,12-16,19H,4,11H2,1-3H3,(H,23,27). The molecule has 3 aromatic rings. The average molecular weight is 395 g/mol. The molecule has 2 unspecified atom stereocenters. The van der Waals surface area contributed by atoms with E-state index in [9.17, 15) is 4.79 Å². The van der Waals surface area contributed by atoms with Crippen LogP contribution in [0, 0.1) is 0 Å². The fourth-order valence-corrected chi connectivity index (χ4v) is 3.88. The van der Waals surface area contributed by atoms with Gasteiger partial charge >= 0.3 is 0 Å². The van der Waals surface area contributed by atoms with Crippen LogP contribution in [0.25, 0.3) is 11.4 Å². The number of thioether (sulfide) groups is 1. The second-order valence-electron chi connectivity index (χ2n) is 6.75. The van der Waals surface area contributed by atoms with Gasteiger partial charge in [-0.25, -0.2) is 0 Å². The molecule has 2 aromatic carbocycles. The van der Waals surface area contributed by atoms with Crippen molar-refractivity contribution >= 4 is 17.7 Å². The number of rotatable bonds is 8. The Hall–Kier alpha value is -2.60. The van der Waals surface area contributed by atoms with Gasteiger partial charge in [0.05, 0.1) is 11.3 Å². The lowest BCUT2D eigenvalue weighted by atomic mass is 10.0. The number of nitrogens with zero attached hydrogens (tertiary/aromatic N) is 3. The first-order valence-corrected chi connectivity index (χ1v) is 10.4. The Balaban J connectivity index is 1.68. The first-order valence-electron chi connectivity index (χ1n) is 9.57. The average Bonchev–Trinajstić information content (AvgIpc) is 3.09. The molecule has 1 heterocycles. The molecule has 0 saturated heterocycles. The lowest BCUT2D eigenvalue weighted by Crippen LogP contribution is -2.34. The Morgan fingerprint density at radius 3 is 2.36 bits per heavy atom. The maximum absolute atomic E-state index is 12.8. The molecule has 5 nitrogen and oxygen atoms in total. The molecule has 0 fully saturated rings. The van der Waals surface area contributed by atoms with Crippen LogP contribution in [0.4, 0.5) is 0 Å². The molecule has 6 heteroatoms. The molecule has 146 valence electrons. The number of nitrogens with one attached hydrogen (secondary N) is 1. The van der Waals surface area contributed by atoms with E-state index in [1.54, 1.807) is 0 Å². The summed E-state index contributed by atoms with van der Waals surface area (Å²) in [6.07, 6.45) is 1.92. The van der Waals surface area contributed by atoms with Crippen molar-refractivity contribution in [2.75, 3.05) is 0 Å². The fourth-order valence-electron chi connectivity index (χ4n) is 3.05. The number of hydrogen-bond acceptors (Lipinski definition) is 4. The molecule has 0 saturated carbocycles. The first-order chi connectivity index (χ1) is 13.6. The third-order valence-electron chi connectivity index (χ3n) is 4.61. The molecule has 28 heavy (non-hydrogen) atoms. The summed E-state index contributed by atoms with van der Waals surface area (Å²) in [5.74, 6) is 0.806. The van der Waals surface area contributed by atoms with Gasteiger partial charge in [0.1, 0.15) is 0 Å². The van der Waals surface area contributed by atoms with Gasteiger partial charge in [0, 0.05) is 12.6 Å². The zero-order valence-electron chi connectivity index (χ0n) is 16.5. The summed E-state index contributed by atoms with van der Waals surface area (Å²) >= 11 is 1.43. The number of aromatic nitrogens is 3. The topological polar surface area (TPSA) is 59.8 Å². The second-order valence-corrected chi connectivity index (χ2v) is 8.06. The summed E-state index contributed by atoms with van der Waals surface area (Å²) in [7, 11) is 1.93. The van der Waals surface area contributed by atoms with Gasteiger partial charge in [-0.3, -0.25) is 4.79 Å². The molecule has 0 bridgehead atoms. The van der Waals surface area contributed by atoms with E-state index < -0.39 is 0 Å². The van der Waals surface area contributed by atoms with Gasteiger partial charge in [0.25, 0.3) is 0 Å². The van der Waals surface area contributed by atoms with Gasteiger partial charge in [-0.15, -0.1) is 10.2 Å². The predicted octanol–water partition coefficient (Wildman–Crippen LogP) is 4.62. The summed E-state index contributed by atoms with van der Waals surface area (Å²) in [5, 5.41) is 12.2. The van der Waals surface area contributed by atoms with Crippen LogP contribution in [0.15, 0.2) is 65.8 Å². The Morgan fingerprint density at radius 1 is 1.07 bits per heavy atom. The van der Waals surface area contributed by atoms with Crippen LogP contribution in [0.2, 0.25) is 0 Å². The lowest BCUT2D eigenvalue weighted by Gasteiger charge is -2.21. The molecular weight excluding hydrogens is 368 g/mol. The van der Waals surface area contributed by atoms with Crippen molar-refractivity contribution in [1.29, 1.82) is 0 Å². The van der Waals surface area contributed by atoms with Gasteiger partial charge in [-0.05, 0) is 18.9 Å². The van der Waals surface area contributed by atoms with Crippen LogP contribution in [0.5, 0.6) is 0 Å². The van der Waals surface area contributed by atoms with Crippen molar-refractivity contribution in [3.8, 4) is 11.4 Å². The van der Waals surface area contributed by atoms with Crippen LogP contribution in [-0.4, -0.2) is 25.9 Å².